The van der Waals surface area contributed by atoms with Crippen molar-refractivity contribution < 1.29 is 4.79 Å². The molecule has 0 spiro atoms. The van der Waals surface area contributed by atoms with E-state index in [-0.39, 0.29) is 11.9 Å². The van der Waals surface area contributed by atoms with Gasteiger partial charge in [-0.2, -0.15) is 0 Å². The summed E-state index contributed by atoms with van der Waals surface area (Å²) in [6.45, 7) is 7.52. The van der Waals surface area contributed by atoms with Crippen LogP contribution in [0.4, 0.5) is 0 Å². The molecule has 22 heavy (non-hydrogen) atoms. The minimum Gasteiger partial charge on any atom is -0.358 e. The van der Waals surface area contributed by atoms with Gasteiger partial charge in [0.05, 0.1) is 6.04 Å². The van der Waals surface area contributed by atoms with Crippen LogP contribution in [0.15, 0.2) is 24.5 Å². The monoisotopic (exact) mass is 302 g/mol. The van der Waals surface area contributed by atoms with Crippen LogP contribution in [0.2, 0.25) is 0 Å². The maximum absolute atomic E-state index is 12.2. The first kappa shape index (κ1) is 15.4. The molecule has 3 heterocycles. The van der Waals surface area contributed by atoms with E-state index >= 15 is 0 Å². The Morgan fingerprint density at radius 2 is 2.09 bits per heavy atom. The lowest BCUT2D eigenvalue weighted by Gasteiger charge is -2.33. The minimum atomic E-state index is 0.0445. The number of nitrogens with one attached hydrogen (secondary N) is 1. The second kappa shape index (κ2) is 6.34. The minimum absolute atomic E-state index is 0.0445. The zero-order valence-electron chi connectivity index (χ0n) is 13.7. The van der Waals surface area contributed by atoms with Crippen LogP contribution in [0.25, 0.3) is 0 Å². The van der Waals surface area contributed by atoms with Gasteiger partial charge in [-0.1, -0.05) is 0 Å². The Bertz CT molecular complexity index is 519. The Kier molecular flexibility index (Phi) is 4.45. The fourth-order valence-corrected chi connectivity index (χ4v) is 4.18. The number of carbonyl (C=O) groups excluding carboxylic acids is 1. The summed E-state index contributed by atoms with van der Waals surface area (Å²) in [5.41, 5.74) is 1.31. The van der Waals surface area contributed by atoms with Crippen LogP contribution < -0.4 is 5.32 Å². The number of fused-ring (bicyclic) bond motifs is 1. The van der Waals surface area contributed by atoms with Crippen molar-refractivity contribution >= 4 is 5.91 Å². The topological polar surface area (TPSA) is 48.5 Å². The SMILES string of the molecule is CNC(=O)[C@H]1C[C@@H]2CN(Cc3ccncc3)C[C@@H]2N1C(C)C. The predicted molar refractivity (Wildman–Crippen MR) is 86.2 cm³/mol. The van der Waals surface area contributed by atoms with Gasteiger partial charge < -0.3 is 5.32 Å². The van der Waals surface area contributed by atoms with Gasteiger partial charge in [0.1, 0.15) is 0 Å². The number of likely N-dealkylation sites (tertiary alicyclic amines) is 2. The molecule has 0 saturated carbocycles. The summed E-state index contributed by atoms with van der Waals surface area (Å²) in [6, 6.07) is 5.12. The van der Waals surface area contributed by atoms with Gasteiger partial charge in [-0.05, 0) is 43.9 Å². The Labute approximate surface area is 132 Å². The fraction of sp³-hybridized carbons (Fsp3) is 0.647. The number of hydrogen-bond donors (Lipinski definition) is 1. The van der Waals surface area contributed by atoms with Crippen molar-refractivity contribution in [3.63, 3.8) is 0 Å². The summed E-state index contributed by atoms with van der Waals surface area (Å²) in [5, 5.41) is 2.83. The molecule has 1 aromatic rings. The van der Waals surface area contributed by atoms with Gasteiger partial charge >= 0.3 is 0 Å². The van der Waals surface area contributed by atoms with Crippen LogP contribution in [0, 0.1) is 5.92 Å². The Balaban J connectivity index is 1.68. The molecular weight excluding hydrogens is 276 g/mol. The molecule has 5 nitrogen and oxygen atoms in total. The van der Waals surface area contributed by atoms with Crippen molar-refractivity contribution in [2.75, 3.05) is 20.1 Å². The predicted octanol–water partition coefficient (Wildman–Crippen LogP) is 1.11. The maximum atomic E-state index is 12.2. The summed E-state index contributed by atoms with van der Waals surface area (Å²) < 4.78 is 0. The Morgan fingerprint density at radius 3 is 2.73 bits per heavy atom. The van der Waals surface area contributed by atoms with Crippen LogP contribution in [0.3, 0.4) is 0 Å². The van der Waals surface area contributed by atoms with E-state index in [1.165, 1.54) is 5.56 Å². The average Bonchev–Trinajstić information content (AvgIpc) is 3.03. The molecule has 120 valence electrons. The molecule has 1 N–H and O–H groups in total. The number of hydrogen-bond acceptors (Lipinski definition) is 4. The van der Waals surface area contributed by atoms with Gasteiger partial charge in [-0.3, -0.25) is 19.6 Å². The molecule has 0 radical (unpaired) electrons. The number of nitrogens with zero attached hydrogens (tertiary/aromatic N) is 3. The highest BCUT2D eigenvalue weighted by molar-refractivity contribution is 5.82. The van der Waals surface area contributed by atoms with E-state index < -0.39 is 0 Å². The highest BCUT2D eigenvalue weighted by Gasteiger charge is 2.49. The van der Waals surface area contributed by atoms with Gasteiger partial charge in [-0.15, -0.1) is 0 Å². The van der Waals surface area contributed by atoms with Crippen molar-refractivity contribution in [3.8, 4) is 0 Å². The molecule has 1 aromatic heterocycles. The molecule has 5 heteroatoms. The van der Waals surface area contributed by atoms with Gasteiger partial charge in [0, 0.05) is 51.2 Å². The zero-order chi connectivity index (χ0) is 15.7. The van der Waals surface area contributed by atoms with E-state index in [4.69, 9.17) is 0 Å². The molecule has 0 bridgehead atoms. The lowest BCUT2D eigenvalue weighted by atomic mass is 10.0. The van der Waals surface area contributed by atoms with Gasteiger partial charge in [0.2, 0.25) is 5.91 Å². The molecule has 2 aliphatic rings. The molecular formula is C17H26N4O. The smallest absolute Gasteiger partial charge is 0.237 e. The third kappa shape index (κ3) is 2.88. The van der Waals surface area contributed by atoms with E-state index in [1.807, 2.05) is 12.4 Å². The van der Waals surface area contributed by atoms with Crippen molar-refractivity contribution in [3.05, 3.63) is 30.1 Å². The zero-order valence-corrected chi connectivity index (χ0v) is 13.7. The molecule has 0 aromatic carbocycles. The van der Waals surface area contributed by atoms with Crippen molar-refractivity contribution in [2.45, 2.75) is 44.9 Å². The maximum Gasteiger partial charge on any atom is 0.237 e. The first-order chi connectivity index (χ1) is 10.6. The number of carbonyl (C=O) groups is 1. The number of likely N-dealkylation sites (N-methyl/N-ethyl adjacent to an activating group) is 1. The largest absolute Gasteiger partial charge is 0.358 e. The lowest BCUT2D eigenvalue weighted by molar-refractivity contribution is -0.126. The van der Waals surface area contributed by atoms with Gasteiger partial charge in [0.25, 0.3) is 0 Å². The van der Waals surface area contributed by atoms with Crippen LogP contribution in [0.5, 0.6) is 0 Å². The van der Waals surface area contributed by atoms with Crippen molar-refractivity contribution in [1.82, 2.24) is 20.1 Å². The van der Waals surface area contributed by atoms with E-state index in [0.29, 0.717) is 18.0 Å². The summed E-state index contributed by atoms with van der Waals surface area (Å²) in [4.78, 5) is 21.2. The number of aromatic nitrogens is 1. The van der Waals surface area contributed by atoms with Crippen LogP contribution in [-0.2, 0) is 11.3 Å². The first-order valence-corrected chi connectivity index (χ1v) is 8.20. The normalized spacial score (nSPS) is 29.0. The van der Waals surface area contributed by atoms with E-state index in [0.717, 1.165) is 26.1 Å². The van der Waals surface area contributed by atoms with E-state index in [9.17, 15) is 4.79 Å². The Morgan fingerprint density at radius 1 is 1.36 bits per heavy atom. The number of amides is 1. The van der Waals surface area contributed by atoms with Gasteiger partial charge in [0.15, 0.2) is 0 Å². The molecule has 3 rings (SSSR count). The quantitative estimate of drug-likeness (QED) is 0.905. The highest BCUT2D eigenvalue weighted by atomic mass is 16.2. The van der Waals surface area contributed by atoms with Crippen LogP contribution in [-0.4, -0.2) is 59.0 Å². The van der Waals surface area contributed by atoms with Crippen molar-refractivity contribution in [1.29, 1.82) is 0 Å². The molecule has 0 unspecified atom stereocenters. The van der Waals surface area contributed by atoms with E-state index in [1.54, 1.807) is 7.05 Å². The molecule has 2 saturated heterocycles. The third-order valence-corrected chi connectivity index (χ3v) is 5.05. The second-order valence-electron chi connectivity index (χ2n) is 6.78. The first-order valence-electron chi connectivity index (χ1n) is 8.20. The van der Waals surface area contributed by atoms with E-state index in [2.05, 4.69) is 46.1 Å². The molecule has 3 atom stereocenters. The molecule has 1 amide bonds. The van der Waals surface area contributed by atoms with Crippen LogP contribution in [0.1, 0.15) is 25.8 Å². The Hall–Kier alpha value is -1.46. The van der Waals surface area contributed by atoms with Crippen molar-refractivity contribution in [2.24, 2.45) is 5.92 Å². The standard InChI is InChI=1S/C17H26N4O/c1-12(2)21-15(17(22)18-3)8-14-10-20(11-16(14)21)9-13-4-6-19-7-5-13/h4-7,12,14-16H,8-11H2,1-3H3,(H,18,22)/t14-,15-,16+/m1/s1. The van der Waals surface area contributed by atoms with Gasteiger partial charge in [-0.25, -0.2) is 0 Å². The number of pyridine rings is 1. The summed E-state index contributed by atoms with van der Waals surface area (Å²) >= 11 is 0. The summed E-state index contributed by atoms with van der Waals surface area (Å²) in [6.07, 6.45) is 4.69. The van der Waals surface area contributed by atoms with Crippen LogP contribution >= 0.6 is 0 Å². The number of rotatable bonds is 4. The summed E-state index contributed by atoms with van der Waals surface area (Å²) in [5.74, 6) is 0.773. The third-order valence-electron chi connectivity index (χ3n) is 5.05. The average molecular weight is 302 g/mol. The molecule has 0 aliphatic carbocycles. The second-order valence-corrected chi connectivity index (χ2v) is 6.78. The summed E-state index contributed by atoms with van der Waals surface area (Å²) in [7, 11) is 1.74. The molecule has 2 aliphatic heterocycles. The molecule has 2 fully saturated rings. The fourth-order valence-electron chi connectivity index (χ4n) is 4.18. The highest BCUT2D eigenvalue weighted by Crippen LogP contribution is 2.37. The lowest BCUT2D eigenvalue weighted by Crippen LogP contribution is -2.50.